The molecule has 0 amide bonds. The summed E-state index contributed by atoms with van der Waals surface area (Å²) in [6.07, 6.45) is 0.473. The van der Waals surface area contributed by atoms with E-state index < -0.39 is 5.56 Å². The molecule has 0 bridgehead atoms. The molecule has 0 aliphatic heterocycles. The van der Waals surface area contributed by atoms with Gasteiger partial charge in [-0.2, -0.15) is 10.5 Å². The van der Waals surface area contributed by atoms with Gasteiger partial charge in [0.15, 0.2) is 0 Å². The summed E-state index contributed by atoms with van der Waals surface area (Å²) < 4.78 is 10.7. The Morgan fingerprint density at radius 3 is 2.54 bits per heavy atom. The number of nitrogen functional groups attached to an aromatic ring is 1. The number of pyridine rings is 1. The first-order valence-electron chi connectivity index (χ1n) is 8.36. The van der Waals surface area contributed by atoms with E-state index in [9.17, 15) is 15.3 Å². The third-order valence-electron chi connectivity index (χ3n) is 4.59. The quantitative estimate of drug-likeness (QED) is 0.713. The fourth-order valence-corrected chi connectivity index (χ4v) is 3.15. The lowest BCUT2D eigenvalue weighted by atomic mass is 9.93. The fourth-order valence-electron chi connectivity index (χ4n) is 3.15. The van der Waals surface area contributed by atoms with Gasteiger partial charge < -0.3 is 20.0 Å². The molecule has 3 aromatic rings. The predicted molar refractivity (Wildman–Crippen MR) is 102 cm³/mol. The van der Waals surface area contributed by atoms with Gasteiger partial charge in [-0.25, -0.2) is 0 Å². The predicted octanol–water partition coefficient (Wildman–Crippen LogP) is 2.57. The molecular weight excluding hydrogens is 358 g/mol. The number of aryl methyl sites for hydroxylation is 2. The van der Waals surface area contributed by atoms with E-state index in [1.54, 1.807) is 25.3 Å². The lowest BCUT2D eigenvalue weighted by molar-refractivity contribution is 0.392. The lowest BCUT2D eigenvalue weighted by Crippen LogP contribution is -2.16. The monoisotopic (exact) mass is 375 g/mol. The molecule has 0 aliphatic carbocycles. The Balaban J connectivity index is 2.25. The summed E-state index contributed by atoms with van der Waals surface area (Å²) in [4.78, 5) is 14.5. The van der Waals surface area contributed by atoms with Gasteiger partial charge in [0.1, 0.15) is 40.6 Å². The van der Waals surface area contributed by atoms with Crippen LogP contribution in [0, 0.1) is 36.5 Å². The second-order valence-corrected chi connectivity index (χ2v) is 6.22. The third kappa shape index (κ3) is 3.08. The van der Waals surface area contributed by atoms with Gasteiger partial charge >= 0.3 is 0 Å². The average Bonchev–Trinajstić information content (AvgIpc) is 2.99. The minimum absolute atomic E-state index is 0.0459. The van der Waals surface area contributed by atoms with Crippen LogP contribution >= 0.6 is 0 Å². The Hall–Kier alpha value is -4.04. The summed E-state index contributed by atoms with van der Waals surface area (Å²) in [6, 6.07) is 9.03. The van der Waals surface area contributed by atoms with E-state index in [-0.39, 0.29) is 22.5 Å². The molecule has 0 saturated heterocycles. The van der Waals surface area contributed by atoms with Crippen LogP contribution in [-0.4, -0.2) is 17.3 Å². The zero-order chi connectivity index (χ0) is 20.4. The fraction of sp³-hybridized carbons (Fsp3) is 0.200. The van der Waals surface area contributed by atoms with Gasteiger partial charge in [0, 0.05) is 17.5 Å². The normalized spacial score (nSPS) is 10.3. The average molecular weight is 375 g/mol. The number of nitrogens with zero attached hydrogens (tertiary/aromatic N) is 3. The van der Waals surface area contributed by atoms with Gasteiger partial charge in [0.25, 0.3) is 5.56 Å². The number of nitrogens with one attached hydrogen (secondary N) is 1. The van der Waals surface area contributed by atoms with Crippen LogP contribution in [0.5, 0.6) is 5.75 Å². The second-order valence-electron chi connectivity index (χ2n) is 6.22. The van der Waals surface area contributed by atoms with Crippen molar-refractivity contribution in [1.82, 2.24) is 10.1 Å². The smallest absolute Gasteiger partial charge is 0.268 e. The van der Waals surface area contributed by atoms with E-state index in [2.05, 4.69) is 10.1 Å². The molecule has 140 valence electrons. The van der Waals surface area contributed by atoms with E-state index in [0.29, 0.717) is 23.5 Å². The summed E-state index contributed by atoms with van der Waals surface area (Å²) in [6.45, 7) is 3.67. The van der Waals surface area contributed by atoms with Crippen LogP contribution in [0.1, 0.15) is 33.7 Å². The number of anilines is 1. The molecular formula is C20H17N5O3. The number of rotatable bonds is 4. The van der Waals surface area contributed by atoms with E-state index in [1.807, 2.05) is 26.0 Å². The van der Waals surface area contributed by atoms with Crippen LogP contribution < -0.4 is 16.0 Å². The summed E-state index contributed by atoms with van der Waals surface area (Å²) in [5.74, 6) is 1.24. The topological polar surface area (TPSA) is 142 Å². The number of nitriles is 2. The van der Waals surface area contributed by atoms with Gasteiger partial charge in [-0.05, 0) is 37.1 Å². The highest BCUT2D eigenvalue weighted by Gasteiger charge is 2.20. The Labute approximate surface area is 160 Å². The first kappa shape index (κ1) is 18.7. The number of hydrogen-bond donors (Lipinski definition) is 2. The highest BCUT2D eigenvalue weighted by molar-refractivity contribution is 5.80. The summed E-state index contributed by atoms with van der Waals surface area (Å²) in [5, 5.41) is 22.9. The standard InChI is InChI=1S/C20H17N5O3/c1-10-14(11(2)28-25-10)7-13-6-12(4-5-17(13)27-3)18-15(8-21)19(23)24-20(26)16(18)9-22/h4-6H,7H2,1-3H3,(H3,23,24,26). The zero-order valence-electron chi connectivity index (χ0n) is 15.6. The Morgan fingerprint density at radius 1 is 1.25 bits per heavy atom. The van der Waals surface area contributed by atoms with Crippen LogP contribution in [0.3, 0.4) is 0 Å². The van der Waals surface area contributed by atoms with Crippen molar-refractivity contribution in [3.63, 3.8) is 0 Å². The molecule has 0 unspecified atom stereocenters. The summed E-state index contributed by atoms with van der Waals surface area (Å²) in [7, 11) is 1.55. The summed E-state index contributed by atoms with van der Waals surface area (Å²) >= 11 is 0. The number of ether oxygens (including phenoxy) is 1. The van der Waals surface area contributed by atoms with Gasteiger partial charge in [-0.1, -0.05) is 11.2 Å². The van der Waals surface area contributed by atoms with Crippen LogP contribution in [0.25, 0.3) is 11.1 Å². The molecule has 0 radical (unpaired) electrons. The highest BCUT2D eigenvalue weighted by atomic mass is 16.5. The van der Waals surface area contributed by atoms with Crippen molar-refractivity contribution in [2.24, 2.45) is 0 Å². The molecule has 8 heteroatoms. The molecule has 28 heavy (non-hydrogen) atoms. The van der Waals surface area contributed by atoms with Crippen molar-refractivity contribution >= 4 is 5.82 Å². The number of aromatic amines is 1. The number of hydrogen-bond acceptors (Lipinski definition) is 7. The molecule has 0 aliphatic rings. The Kier molecular flexibility index (Phi) is 4.88. The van der Waals surface area contributed by atoms with Crippen LogP contribution in [0.2, 0.25) is 0 Å². The van der Waals surface area contributed by atoms with Gasteiger partial charge in [-0.3, -0.25) is 4.79 Å². The van der Waals surface area contributed by atoms with E-state index in [1.165, 1.54) is 0 Å². The van der Waals surface area contributed by atoms with Crippen LogP contribution in [0.15, 0.2) is 27.5 Å². The molecule has 0 atom stereocenters. The van der Waals surface area contributed by atoms with Crippen molar-refractivity contribution in [1.29, 1.82) is 10.5 Å². The number of aromatic nitrogens is 2. The number of methoxy groups -OCH3 is 1. The molecule has 2 heterocycles. The minimum atomic E-state index is -0.642. The number of benzene rings is 1. The largest absolute Gasteiger partial charge is 0.496 e. The lowest BCUT2D eigenvalue weighted by Gasteiger charge is -2.13. The minimum Gasteiger partial charge on any atom is -0.496 e. The van der Waals surface area contributed by atoms with E-state index >= 15 is 0 Å². The maximum atomic E-state index is 12.2. The second kappa shape index (κ2) is 7.29. The summed E-state index contributed by atoms with van der Waals surface area (Å²) in [5.41, 5.74) is 8.24. The SMILES string of the molecule is COc1ccc(-c2c(C#N)c(N)[nH]c(=O)c2C#N)cc1Cc1c(C)noc1C. The molecule has 0 spiro atoms. The van der Waals surface area contributed by atoms with Crippen molar-refractivity contribution in [2.45, 2.75) is 20.3 Å². The van der Waals surface area contributed by atoms with Crippen molar-refractivity contribution in [2.75, 3.05) is 12.8 Å². The molecule has 2 aromatic heterocycles. The number of H-pyrrole nitrogens is 1. The molecule has 3 rings (SSSR count). The van der Waals surface area contributed by atoms with Crippen molar-refractivity contribution in [3.05, 3.63) is 62.3 Å². The third-order valence-corrected chi connectivity index (χ3v) is 4.59. The number of nitrogens with two attached hydrogens (primary N) is 1. The Bertz CT molecular complexity index is 1190. The van der Waals surface area contributed by atoms with Crippen LogP contribution in [0.4, 0.5) is 5.82 Å². The Morgan fingerprint density at radius 2 is 1.96 bits per heavy atom. The maximum absolute atomic E-state index is 12.2. The van der Waals surface area contributed by atoms with E-state index in [0.717, 1.165) is 16.8 Å². The van der Waals surface area contributed by atoms with Crippen molar-refractivity contribution in [3.8, 4) is 29.0 Å². The van der Waals surface area contributed by atoms with Gasteiger partial charge in [-0.15, -0.1) is 0 Å². The van der Waals surface area contributed by atoms with Crippen LogP contribution in [-0.2, 0) is 6.42 Å². The maximum Gasteiger partial charge on any atom is 0.268 e. The molecule has 1 aromatic carbocycles. The van der Waals surface area contributed by atoms with Gasteiger partial charge in [0.05, 0.1) is 12.8 Å². The first-order valence-corrected chi connectivity index (χ1v) is 8.36. The van der Waals surface area contributed by atoms with E-state index in [4.69, 9.17) is 15.0 Å². The zero-order valence-corrected chi connectivity index (χ0v) is 15.6. The molecule has 3 N–H and O–H groups in total. The molecule has 8 nitrogen and oxygen atoms in total. The molecule has 0 saturated carbocycles. The van der Waals surface area contributed by atoms with Gasteiger partial charge in [0.2, 0.25) is 0 Å². The first-order chi connectivity index (χ1) is 13.4. The highest BCUT2D eigenvalue weighted by Crippen LogP contribution is 2.33. The molecule has 0 fully saturated rings. The van der Waals surface area contributed by atoms with Crippen molar-refractivity contribution < 1.29 is 9.26 Å².